The highest BCUT2D eigenvalue weighted by molar-refractivity contribution is 7.16. The Hall–Kier alpha value is -3.11. The highest BCUT2D eigenvalue weighted by atomic mass is 32.1. The number of Topliss-reactive ketones (excluding diaryl/α,β-unsaturated/α-hetero) is 1. The van der Waals surface area contributed by atoms with Gasteiger partial charge in [-0.05, 0) is 13.0 Å². The standard InChI is InChI=1S/C21H19FN4O4S/c1-10(27)8-24-3-5-25(6-4-24)18-12(22)7-11-17-14(18)16(23-2)13-9-31-20(26(13)17)15(19(11)28)21(29)30/h7,9H,3-6,8H2,1-2H3,(H,29,30). The van der Waals surface area contributed by atoms with Crippen LogP contribution in [0.3, 0.4) is 0 Å². The molecule has 0 saturated carbocycles. The number of ketones is 1. The fraction of sp³-hybridized carbons (Fsp3) is 0.333. The smallest absolute Gasteiger partial charge is 0.342 e. The van der Waals surface area contributed by atoms with Crippen molar-refractivity contribution in [3.8, 4) is 0 Å². The van der Waals surface area contributed by atoms with Crippen molar-refractivity contribution in [1.82, 2.24) is 9.30 Å². The van der Waals surface area contributed by atoms with Crippen molar-refractivity contribution < 1.29 is 19.1 Å². The van der Waals surface area contributed by atoms with E-state index in [-0.39, 0.29) is 16.7 Å². The number of carboxylic acid groups (broad SMARTS) is 1. The number of benzene rings is 1. The van der Waals surface area contributed by atoms with E-state index >= 15 is 4.39 Å². The molecule has 0 radical (unpaired) electrons. The van der Waals surface area contributed by atoms with Gasteiger partial charge >= 0.3 is 5.97 Å². The first-order valence-electron chi connectivity index (χ1n) is 9.83. The van der Waals surface area contributed by atoms with Crippen molar-refractivity contribution in [1.29, 1.82) is 0 Å². The Morgan fingerprint density at radius 1 is 1.26 bits per heavy atom. The first-order chi connectivity index (χ1) is 14.8. The van der Waals surface area contributed by atoms with Crippen molar-refractivity contribution in [2.75, 3.05) is 44.7 Å². The molecule has 1 N–H and O–H groups in total. The van der Waals surface area contributed by atoms with E-state index in [4.69, 9.17) is 0 Å². The van der Waals surface area contributed by atoms with E-state index in [1.54, 1.807) is 23.8 Å². The number of pyridine rings is 1. The van der Waals surface area contributed by atoms with Crippen LogP contribution in [0.4, 0.5) is 10.1 Å². The number of piperazine rings is 1. The van der Waals surface area contributed by atoms with Crippen LogP contribution in [0.1, 0.15) is 17.3 Å². The Morgan fingerprint density at radius 2 is 1.97 bits per heavy atom. The molecule has 1 saturated heterocycles. The van der Waals surface area contributed by atoms with Gasteiger partial charge in [-0.2, -0.15) is 0 Å². The molecule has 0 atom stereocenters. The topological polar surface area (TPSA) is 94.7 Å². The Bertz CT molecular complexity index is 1480. The Kier molecular flexibility index (Phi) is 4.45. The third-order valence-corrected chi connectivity index (χ3v) is 6.86. The predicted octanol–water partition coefficient (Wildman–Crippen LogP) is 1.62. The summed E-state index contributed by atoms with van der Waals surface area (Å²) in [5.74, 6) is -1.82. The van der Waals surface area contributed by atoms with Crippen molar-refractivity contribution >= 4 is 55.4 Å². The number of nitrogens with zero attached hydrogens (tertiary/aromatic N) is 4. The zero-order valence-electron chi connectivity index (χ0n) is 16.9. The van der Waals surface area contributed by atoms with Gasteiger partial charge in [0.05, 0.1) is 39.4 Å². The number of carbonyl (C=O) groups excluding carboxylic acids is 1. The molecule has 10 heteroatoms. The summed E-state index contributed by atoms with van der Waals surface area (Å²) in [7, 11) is 1.60. The fourth-order valence-corrected chi connectivity index (χ4v) is 5.70. The molecule has 4 aromatic rings. The maximum absolute atomic E-state index is 15.5. The van der Waals surface area contributed by atoms with Crippen LogP contribution in [0.15, 0.2) is 21.2 Å². The van der Waals surface area contributed by atoms with Crippen LogP contribution in [0.25, 0.3) is 26.6 Å². The number of aromatic carboxylic acids is 1. The van der Waals surface area contributed by atoms with Crippen molar-refractivity contribution in [2.45, 2.75) is 6.92 Å². The Morgan fingerprint density at radius 3 is 2.58 bits per heavy atom. The van der Waals surface area contributed by atoms with Crippen LogP contribution in [0, 0.1) is 5.82 Å². The normalized spacial score (nSPS) is 16.4. The summed E-state index contributed by atoms with van der Waals surface area (Å²) < 4.78 is 17.2. The number of halogens is 1. The van der Waals surface area contributed by atoms with Crippen LogP contribution in [0.5, 0.6) is 0 Å². The van der Waals surface area contributed by atoms with E-state index in [9.17, 15) is 19.5 Å². The maximum Gasteiger partial charge on any atom is 0.342 e. The Balaban J connectivity index is 1.79. The lowest BCUT2D eigenvalue weighted by Crippen LogP contribution is -2.48. The highest BCUT2D eigenvalue weighted by Gasteiger charge is 2.30. The fourth-order valence-electron chi connectivity index (χ4n) is 4.67. The number of aromatic nitrogens is 1. The number of carboxylic acids is 1. The molecule has 1 aromatic carbocycles. The minimum Gasteiger partial charge on any atom is -0.477 e. The van der Waals surface area contributed by atoms with E-state index in [0.717, 1.165) is 6.07 Å². The quantitative estimate of drug-likeness (QED) is 0.516. The minimum absolute atomic E-state index is 0.0414. The van der Waals surface area contributed by atoms with E-state index in [2.05, 4.69) is 4.99 Å². The van der Waals surface area contributed by atoms with Crippen molar-refractivity contribution in [3.63, 3.8) is 0 Å². The van der Waals surface area contributed by atoms with E-state index in [1.165, 1.54) is 11.3 Å². The number of thiazole rings is 1. The summed E-state index contributed by atoms with van der Waals surface area (Å²) in [5, 5.41) is 12.5. The largest absolute Gasteiger partial charge is 0.477 e. The third kappa shape index (κ3) is 2.75. The second kappa shape index (κ2) is 6.96. The van der Waals surface area contributed by atoms with Gasteiger partial charge in [-0.1, -0.05) is 0 Å². The van der Waals surface area contributed by atoms with Gasteiger partial charge in [-0.3, -0.25) is 23.9 Å². The molecule has 0 aliphatic carbocycles. The monoisotopic (exact) mass is 442 g/mol. The third-order valence-electron chi connectivity index (χ3n) is 5.91. The minimum atomic E-state index is -1.33. The van der Waals surface area contributed by atoms with Crippen LogP contribution >= 0.6 is 11.3 Å². The summed E-state index contributed by atoms with van der Waals surface area (Å²) >= 11 is 1.17. The van der Waals surface area contributed by atoms with Gasteiger partial charge in [-0.15, -0.1) is 11.3 Å². The SMILES string of the molecule is CN=c1c2c(N3CCN(CC(C)=O)CC3)c(F)cc3c(=O)c(C(=O)O)c4scc1n4c32. The zero-order chi connectivity index (χ0) is 22.0. The summed E-state index contributed by atoms with van der Waals surface area (Å²) in [6.07, 6.45) is 0. The number of hydrogen-bond donors (Lipinski definition) is 1. The van der Waals surface area contributed by atoms with Gasteiger partial charge in [0.25, 0.3) is 0 Å². The van der Waals surface area contributed by atoms with E-state index in [0.29, 0.717) is 65.0 Å². The number of carbonyl (C=O) groups is 2. The predicted molar refractivity (Wildman–Crippen MR) is 117 cm³/mol. The second-order valence-corrected chi connectivity index (χ2v) is 8.64. The van der Waals surface area contributed by atoms with Gasteiger partial charge in [0.15, 0.2) is 0 Å². The number of hydrogen-bond acceptors (Lipinski definition) is 7. The van der Waals surface area contributed by atoms with Gasteiger partial charge < -0.3 is 10.0 Å². The van der Waals surface area contributed by atoms with Gasteiger partial charge in [0.1, 0.15) is 22.0 Å². The molecule has 0 bridgehead atoms. The molecule has 0 spiro atoms. The molecular formula is C21H19FN4O4S. The lowest BCUT2D eigenvalue weighted by molar-refractivity contribution is -0.118. The molecule has 8 nitrogen and oxygen atoms in total. The lowest BCUT2D eigenvalue weighted by atomic mass is 10.1. The van der Waals surface area contributed by atoms with Crippen LogP contribution in [0.2, 0.25) is 0 Å². The molecule has 4 heterocycles. The summed E-state index contributed by atoms with van der Waals surface area (Å²) in [5.41, 5.74) is 0.493. The van der Waals surface area contributed by atoms with Crippen molar-refractivity contribution in [2.24, 2.45) is 4.99 Å². The zero-order valence-corrected chi connectivity index (χ0v) is 17.8. The average Bonchev–Trinajstić information content (AvgIpc) is 3.26. The first kappa shape index (κ1) is 19.8. The highest BCUT2D eigenvalue weighted by Crippen LogP contribution is 2.36. The van der Waals surface area contributed by atoms with Crippen LogP contribution in [-0.4, -0.2) is 65.9 Å². The average molecular weight is 442 g/mol. The molecule has 5 rings (SSSR count). The van der Waals surface area contributed by atoms with Gasteiger partial charge in [0.2, 0.25) is 5.43 Å². The lowest BCUT2D eigenvalue weighted by Gasteiger charge is -2.36. The van der Waals surface area contributed by atoms with Gasteiger partial charge in [0, 0.05) is 38.6 Å². The van der Waals surface area contributed by atoms with Crippen molar-refractivity contribution in [3.05, 3.63) is 38.4 Å². The van der Waals surface area contributed by atoms with Crippen LogP contribution < -0.4 is 15.7 Å². The molecule has 0 unspecified atom stereocenters. The molecule has 1 fully saturated rings. The van der Waals surface area contributed by atoms with Gasteiger partial charge in [-0.25, -0.2) is 9.18 Å². The first-order valence-corrected chi connectivity index (χ1v) is 10.7. The summed E-state index contributed by atoms with van der Waals surface area (Å²) in [4.78, 5) is 44.9. The molecule has 1 aliphatic heterocycles. The summed E-state index contributed by atoms with van der Waals surface area (Å²) in [6, 6.07) is 1.15. The number of rotatable bonds is 4. The molecule has 31 heavy (non-hydrogen) atoms. The molecule has 0 amide bonds. The molecular weight excluding hydrogens is 423 g/mol. The molecule has 1 aliphatic rings. The van der Waals surface area contributed by atoms with Crippen LogP contribution in [-0.2, 0) is 4.79 Å². The van der Waals surface area contributed by atoms with E-state index in [1.807, 2.05) is 9.80 Å². The molecule has 3 aromatic heterocycles. The second-order valence-electron chi connectivity index (χ2n) is 7.79. The number of anilines is 1. The molecule has 160 valence electrons. The summed E-state index contributed by atoms with van der Waals surface area (Å²) in [6.45, 7) is 4.20. The van der Waals surface area contributed by atoms with E-state index < -0.39 is 17.2 Å². The Labute approximate surface area is 179 Å². The maximum atomic E-state index is 15.5.